The molecule has 0 aliphatic carbocycles. The van der Waals surface area contributed by atoms with E-state index >= 15 is 0 Å². The summed E-state index contributed by atoms with van der Waals surface area (Å²) in [6.45, 7) is 1.32. The number of ether oxygens (including phenoxy) is 1. The number of halogens is 3. The minimum atomic E-state index is -4.96. The van der Waals surface area contributed by atoms with E-state index in [-0.39, 0.29) is 19.0 Å². The lowest BCUT2D eigenvalue weighted by Crippen LogP contribution is -2.56. The third-order valence-electron chi connectivity index (χ3n) is 5.48. The maximum absolute atomic E-state index is 13.0. The summed E-state index contributed by atoms with van der Waals surface area (Å²) in [5, 5.41) is 0. The van der Waals surface area contributed by atoms with E-state index in [1.165, 1.54) is 0 Å². The first kappa shape index (κ1) is 20.4. The fourth-order valence-electron chi connectivity index (χ4n) is 3.92. The molecule has 2 heterocycles. The standard InChI is InChI=1S/C19H24F3N3O3/c1-23-9-10-24(12-16(23)13-5-3-6-14(11-13)28-2)17(26)15-7-4-8-25(15)18(27)19(20,21)22/h3,5-6,11,15-16H,4,7-10,12H2,1-2H3. The van der Waals surface area contributed by atoms with Gasteiger partial charge in [0.25, 0.3) is 0 Å². The van der Waals surface area contributed by atoms with Crippen LogP contribution in [0.1, 0.15) is 24.4 Å². The van der Waals surface area contributed by atoms with Gasteiger partial charge < -0.3 is 14.5 Å². The van der Waals surface area contributed by atoms with Crippen molar-refractivity contribution in [3.05, 3.63) is 29.8 Å². The van der Waals surface area contributed by atoms with Crippen molar-refractivity contribution in [2.45, 2.75) is 31.1 Å². The minimum absolute atomic E-state index is 0.0399. The molecular weight excluding hydrogens is 375 g/mol. The number of hydrogen-bond donors (Lipinski definition) is 0. The molecule has 9 heteroatoms. The van der Waals surface area contributed by atoms with Crippen LogP contribution in [0.3, 0.4) is 0 Å². The molecular formula is C19H24F3N3O3. The Morgan fingerprint density at radius 1 is 1.18 bits per heavy atom. The summed E-state index contributed by atoms with van der Waals surface area (Å²) in [5.74, 6) is -1.63. The van der Waals surface area contributed by atoms with Gasteiger partial charge in [0.2, 0.25) is 5.91 Å². The molecule has 0 bridgehead atoms. The molecule has 0 saturated carbocycles. The van der Waals surface area contributed by atoms with Crippen molar-refractivity contribution in [3.63, 3.8) is 0 Å². The molecule has 2 fully saturated rings. The van der Waals surface area contributed by atoms with Crippen LogP contribution in [0.2, 0.25) is 0 Å². The SMILES string of the molecule is COc1cccc(C2CN(C(=O)C3CCCN3C(=O)C(F)(F)F)CCN2C)c1. The Balaban J connectivity index is 1.76. The summed E-state index contributed by atoms with van der Waals surface area (Å²) >= 11 is 0. The maximum atomic E-state index is 13.0. The Hall–Kier alpha value is -2.29. The van der Waals surface area contributed by atoms with Crippen LogP contribution in [0, 0.1) is 0 Å². The van der Waals surface area contributed by atoms with Crippen molar-refractivity contribution < 1.29 is 27.5 Å². The summed E-state index contributed by atoms with van der Waals surface area (Å²) in [6.07, 6.45) is -4.31. The predicted octanol–water partition coefficient (Wildman–Crippen LogP) is 2.06. The van der Waals surface area contributed by atoms with E-state index in [4.69, 9.17) is 4.74 Å². The van der Waals surface area contributed by atoms with Crippen LogP contribution in [-0.4, -0.2) is 79.1 Å². The first-order valence-corrected chi connectivity index (χ1v) is 9.23. The van der Waals surface area contributed by atoms with Gasteiger partial charge in [-0.25, -0.2) is 0 Å². The smallest absolute Gasteiger partial charge is 0.471 e. The Kier molecular flexibility index (Phi) is 5.83. The molecule has 2 amide bonds. The van der Waals surface area contributed by atoms with Gasteiger partial charge in [-0.2, -0.15) is 13.2 Å². The van der Waals surface area contributed by atoms with Crippen LogP contribution in [-0.2, 0) is 9.59 Å². The van der Waals surface area contributed by atoms with E-state index < -0.39 is 24.0 Å². The highest BCUT2D eigenvalue weighted by atomic mass is 19.4. The molecule has 154 valence electrons. The maximum Gasteiger partial charge on any atom is 0.471 e. The quantitative estimate of drug-likeness (QED) is 0.781. The lowest BCUT2D eigenvalue weighted by atomic mass is 10.0. The Bertz CT molecular complexity index is 741. The molecule has 2 saturated heterocycles. The first-order valence-electron chi connectivity index (χ1n) is 9.23. The number of hydrogen-bond acceptors (Lipinski definition) is 4. The van der Waals surface area contributed by atoms with E-state index in [0.717, 1.165) is 5.56 Å². The van der Waals surface area contributed by atoms with Crippen LogP contribution in [0.15, 0.2) is 24.3 Å². The van der Waals surface area contributed by atoms with Crippen molar-refractivity contribution in [1.29, 1.82) is 0 Å². The van der Waals surface area contributed by atoms with Crippen LogP contribution in [0.5, 0.6) is 5.75 Å². The predicted molar refractivity (Wildman–Crippen MR) is 95.7 cm³/mol. The number of benzene rings is 1. The number of alkyl halides is 3. The van der Waals surface area contributed by atoms with Gasteiger partial charge in [-0.05, 0) is 37.6 Å². The third kappa shape index (κ3) is 4.09. The van der Waals surface area contributed by atoms with Gasteiger partial charge in [0, 0.05) is 26.2 Å². The number of rotatable bonds is 3. The van der Waals surface area contributed by atoms with Crippen molar-refractivity contribution in [1.82, 2.24) is 14.7 Å². The lowest BCUT2D eigenvalue weighted by Gasteiger charge is -2.41. The number of amides is 2. The number of nitrogens with zero attached hydrogens (tertiary/aromatic N) is 3. The summed E-state index contributed by atoms with van der Waals surface area (Å²) in [7, 11) is 3.52. The van der Waals surface area contributed by atoms with Crippen molar-refractivity contribution in [2.24, 2.45) is 0 Å². The third-order valence-corrected chi connectivity index (χ3v) is 5.48. The molecule has 2 aliphatic rings. The number of piperazine rings is 1. The van der Waals surface area contributed by atoms with Crippen LogP contribution in [0.4, 0.5) is 13.2 Å². The number of methoxy groups -OCH3 is 1. The highest BCUT2D eigenvalue weighted by Crippen LogP contribution is 2.30. The molecule has 3 rings (SSSR count). The van der Waals surface area contributed by atoms with Gasteiger partial charge in [-0.1, -0.05) is 12.1 Å². The van der Waals surface area contributed by atoms with Crippen LogP contribution >= 0.6 is 0 Å². The molecule has 2 unspecified atom stereocenters. The van der Waals surface area contributed by atoms with Crippen LogP contribution < -0.4 is 4.74 Å². The number of carbonyl (C=O) groups excluding carboxylic acids is 2. The summed E-state index contributed by atoms with van der Waals surface area (Å²) in [5.41, 5.74) is 0.967. The van der Waals surface area contributed by atoms with Gasteiger partial charge in [-0.3, -0.25) is 14.5 Å². The Labute approximate surface area is 161 Å². The Morgan fingerprint density at radius 3 is 2.61 bits per heavy atom. The molecule has 2 aliphatic heterocycles. The lowest BCUT2D eigenvalue weighted by molar-refractivity contribution is -0.187. The second kappa shape index (κ2) is 7.98. The average molecular weight is 399 g/mol. The fourth-order valence-corrected chi connectivity index (χ4v) is 3.92. The molecule has 0 N–H and O–H groups in total. The molecule has 6 nitrogen and oxygen atoms in total. The van der Waals surface area contributed by atoms with Crippen molar-refractivity contribution in [2.75, 3.05) is 40.3 Å². The number of likely N-dealkylation sites (N-methyl/N-ethyl adjacent to an activating group) is 1. The zero-order chi connectivity index (χ0) is 20.5. The molecule has 1 aromatic rings. The topological polar surface area (TPSA) is 53.1 Å². The fraction of sp³-hybridized carbons (Fsp3) is 0.579. The van der Waals surface area contributed by atoms with E-state index in [1.54, 1.807) is 12.0 Å². The van der Waals surface area contributed by atoms with Gasteiger partial charge in [0.05, 0.1) is 13.2 Å². The normalized spacial score (nSPS) is 23.8. The largest absolute Gasteiger partial charge is 0.497 e. The molecule has 0 radical (unpaired) electrons. The van der Waals surface area contributed by atoms with Crippen LogP contribution in [0.25, 0.3) is 0 Å². The van der Waals surface area contributed by atoms with Gasteiger partial charge >= 0.3 is 12.1 Å². The monoisotopic (exact) mass is 399 g/mol. The van der Waals surface area contributed by atoms with Gasteiger partial charge in [-0.15, -0.1) is 0 Å². The van der Waals surface area contributed by atoms with E-state index in [2.05, 4.69) is 4.90 Å². The zero-order valence-corrected chi connectivity index (χ0v) is 15.9. The minimum Gasteiger partial charge on any atom is -0.497 e. The Morgan fingerprint density at radius 2 is 1.93 bits per heavy atom. The van der Waals surface area contributed by atoms with E-state index in [1.807, 2.05) is 31.3 Å². The molecule has 0 spiro atoms. The summed E-state index contributed by atoms with van der Waals surface area (Å²) in [4.78, 5) is 29.0. The summed E-state index contributed by atoms with van der Waals surface area (Å²) < 4.78 is 43.8. The summed E-state index contributed by atoms with van der Waals surface area (Å²) in [6, 6.07) is 6.39. The highest BCUT2D eigenvalue weighted by molar-refractivity contribution is 5.90. The zero-order valence-electron chi connectivity index (χ0n) is 15.9. The molecule has 0 aromatic heterocycles. The molecule has 1 aromatic carbocycles. The number of carbonyl (C=O) groups is 2. The first-order chi connectivity index (χ1) is 13.2. The van der Waals surface area contributed by atoms with Crippen molar-refractivity contribution >= 4 is 11.8 Å². The van der Waals surface area contributed by atoms with Crippen molar-refractivity contribution in [3.8, 4) is 5.75 Å². The second-order valence-electron chi connectivity index (χ2n) is 7.21. The number of likely N-dealkylation sites (tertiary alicyclic amines) is 1. The highest BCUT2D eigenvalue weighted by Gasteiger charge is 2.48. The van der Waals surface area contributed by atoms with Gasteiger partial charge in [0.1, 0.15) is 11.8 Å². The average Bonchev–Trinajstić information content (AvgIpc) is 3.16. The molecule has 2 atom stereocenters. The van der Waals surface area contributed by atoms with E-state index in [9.17, 15) is 22.8 Å². The van der Waals surface area contributed by atoms with E-state index in [0.29, 0.717) is 36.7 Å². The van der Waals surface area contributed by atoms with Gasteiger partial charge in [0.15, 0.2) is 0 Å². The molecule has 28 heavy (non-hydrogen) atoms. The second-order valence-corrected chi connectivity index (χ2v) is 7.21.